The number of carbonyl (C=O) groups excluding carboxylic acids is 2. The Kier molecular flexibility index (Phi) is 4.77. The summed E-state index contributed by atoms with van der Waals surface area (Å²) in [4.78, 5) is 29.7. The number of alkyl halides is 3. The first kappa shape index (κ1) is 22.3. The number of rotatable bonds is 3. The van der Waals surface area contributed by atoms with Crippen LogP contribution in [-0.2, 0) is 25.9 Å². The molecule has 7 nitrogen and oxygen atoms in total. The topological polar surface area (TPSA) is 99.7 Å². The number of benzene rings is 2. The summed E-state index contributed by atoms with van der Waals surface area (Å²) in [5, 5.41) is 10.2. The first-order valence-corrected chi connectivity index (χ1v) is 10.5. The van der Waals surface area contributed by atoms with Crippen molar-refractivity contribution in [3.8, 4) is 6.07 Å². The zero-order valence-electron chi connectivity index (χ0n) is 18.1. The van der Waals surface area contributed by atoms with Gasteiger partial charge in [0.1, 0.15) is 23.9 Å². The average Bonchev–Trinajstić information content (AvgIpc) is 3.32. The number of hydrogen-bond donors (Lipinski definition) is 1. The molecule has 1 spiro atoms. The predicted octanol–water partition coefficient (Wildman–Crippen LogP) is 3.50. The van der Waals surface area contributed by atoms with Gasteiger partial charge in [-0.25, -0.2) is 4.79 Å². The highest BCUT2D eigenvalue weighted by Crippen LogP contribution is 2.56. The molecule has 2 N–H and O–H groups in total. The van der Waals surface area contributed by atoms with E-state index in [0.717, 1.165) is 12.1 Å². The van der Waals surface area contributed by atoms with Crippen LogP contribution in [0.4, 0.5) is 24.5 Å². The van der Waals surface area contributed by atoms with Crippen LogP contribution in [0.3, 0.4) is 0 Å². The van der Waals surface area contributed by atoms with Crippen molar-refractivity contribution < 1.29 is 27.5 Å². The minimum Gasteiger partial charge on any atom is -0.456 e. The van der Waals surface area contributed by atoms with Crippen LogP contribution >= 0.6 is 0 Å². The third-order valence-corrected chi connectivity index (χ3v) is 6.37. The van der Waals surface area contributed by atoms with Crippen molar-refractivity contribution in [1.82, 2.24) is 0 Å². The number of nitrogens with two attached hydrogens (primary N) is 1. The number of esters is 1. The van der Waals surface area contributed by atoms with E-state index in [0.29, 0.717) is 11.3 Å². The fraction of sp³-hybridized carbons (Fsp3) is 0.160. The molecular formula is C25H17F3N4O3. The van der Waals surface area contributed by atoms with E-state index in [9.17, 15) is 28.0 Å². The molecule has 3 aliphatic heterocycles. The monoisotopic (exact) mass is 478 g/mol. The van der Waals surface area contributed by atoms with Gasteiger partial charge in [0, 0.05) is 23.5 Å². The normalized spacial score (nSPS) is 21.3. The number of hydrogen-bond acceptors (Lipinski definition) is 6. The summed E-state index contributed by atoms with van der Waals surface area (Å²) in [7, 11) is 0. The summed E-state index contributed by atoms with van der Waals surface area (Å²) in [6, 6.07) is 13.0. The second-order valence-electron chi connectivity index (χ2n) is 8.12. The van der Waals surface area contributed by atoms with E-state index >= 15 is 0 Å². The maximum atomic E-state index is 14.0. The van der Waals surface area contributed by atoms with Gasteiger partial charge in [-0.2, -0.15) is 18.4 Å². The Hall–Kier alpha value is -4.52. The van der Waals surface area contributed by atoms with Gasteiger partial charge in [-0.1, -0.05) is 30.3 Å². The van der Waals surface area contributed by atoms with Crippen molar-refractivity contribution in [2.45, 2.75) is 11.6 Å². The number of halogens is 3. The number of fused-ring (bicyclic) bond motifs is 3. The molecule has 0 unspecified atom stereocenters. The van der Waals surface area contributed by atoms with Crippen molar-refractivity contribution in [1.29, 1.82) is 5.26 Å². The molecule has 10 heteroatoms. The van der Waals surface area contributed by atoms with Crippen molar-refractivity contribution in [2.24, 2.45) is 5.73 Å². The summed E-state index contributed by atoms with van der Waals surface area (Å²) < 4.78 is 45.5. The van der Waals surface area contributed by atoms with Crippen LogP contribution in [0.1, 0.15) is 11.1 Å². The van der Waals surface area contributed by atoms with Gasteiger partial charge in [-0.05, 0) is 24.3 Å². The molecule has 3 heterocycles. The highest BCUT2D eigenvalue weighted by atomic mass is 19.4. The molecule has 0 fully saturated rings. The van der Waals surface area contributed by atoms with E-state index in [1.807, 2.05) is 6.07 Å². The van der Waals surface area contributed by atoms with Gasteiger partial charge in [0.2, 0.25) is 5.91 Å². The second-order valence-corrected chi connectivity index (χ2v) is 8.12. The molecular weight excluding hydrogens is 461 g/mol. The minimum atomic E-state index is -4.63. The minimum absolute atomic E-state index is 0.0209. The van der Waals surface area contributed by atoms with Gasteiger partial charge < -0.3 is 15.4 Å². The van der Waals surface area contributed by atoms with Crippen molar-refractivity contribution in [3.63, 3.8) is 0 Å². The maximum absolute atomic E-state index is 14.0. The molecule has 0 radical (unpaired) electrons. The third-order valence-electron chi connectivity index (χ3n) is 6.37. The van der Waals surface area contributed by atoms with E-state index in [1.54, 1.807) is 24.3 Å². The van der Waals surface area contributed by atoms with E-state index in [1.165, 1.54) is 28.0 Å². The highest BCUT2D eigenvalue weighted by Gasteiger charge is 2.63. The number of nitriles is 1. The molecule has 0 aliphatic carbocycles. The molecule has 3 aliphatic rings. The van der Waals surface area contributed by atoms with E-state index in [-0.39, 0.29) is 41.5 Å². The standard InChI is InChI=1S/C25H17F3N4O3/c1-2-10-31-18-9-4-3-8-16(18)24(23(31)34)17(12-29)21(30)32(19-13-35-22(33)20(19)24)15-7-5-6-14(11-15)25(26,27)28/h2-9,11H,1,10,13,30H2/t24-/m0/s1. The molecule has 0 saturated carbocycles. The number of ether oxygens (including phenoxy) is 1. The van der Waals surface area contributed by atoms with E-state index in [4.69, 9.17) is 10.5 Å². The van der Waals surface area contributed by atoms with E-state index in [2.05, 4.69) is 6.58 Å². The lowest BCUT2D eigenvalue weighted by molar-refractivity contribution is -0.138. The fourth-order valence-corrected chi connectivity index (χ4v) is 5.02. The van der Waals surface area contributed by atoms with Crippen LogP contribution in [0.5, 0.6) is 0 Å². The maximum Gasteiger partial charge on any atom is 0.416 e. The first-order valence-electron chi connectivity index (χ1n) is 10.5. The second kappa shape index (κ2) is 7.50. The van der Waals surface area contributed by atoms with Crippen LogP contribution in [0.15, 0.2) is 83.9 Å². The molecule has 0 bridgehead atoms. The molecule has 2 aromatic rings. The number of nitrogens with zero attached hydrogens (tertiary/aromatic N) is 3. The molecule has 0 saturated heterocycles. The predicted molar refractivity (Wildman–Crippen MR) is 119 cm³/mol. The van der Waals surface area contributed by atoms with Crippen LogP contribution in [0.25, 0.3) is 0 Å². The van der Waals surface area contributed by atoms with Crippen molar-refractivity contribution >= 4 is 23.3 Å². The van der Waals surface area contributed by atoms with Crippen molar-refractivity contribution in [3.05, 3.63) is 95.0 Å². The number of anilines is 2. The molecule has 35 heavy (non-hydrogen) atoms. The Morgan fingerprint density at radius 1 is 1.20 bits per heavy atom. The van der Waals surface area contributed by atoms with Gasteiger partial charge in [0.15, 0.2) is 0 Å². The molecule has 1 amide bonds. The Labute approximate surface area is 197 Å². The van der Waals surface area contributed by atoms with Crippen LogP contribution in [0.2, 0.25) is 0 Å². The van der Waals surface area contributed by atoms with Gasteiger partial charge in [-0.15, -0.1) is 6.58 Å². The van der Waals surface area contributed by atoms with Gasteiger partial charge in [0.25, 0.3) is 0 Å². The van der Waals surface area contributed by atoms with Crippen molar-refractivity contribution in [2.75, 3.05) is 23.0 Å². The fourth-order valence-electron chi connectivity index (χ4n) is 5.02. The Morgan fingerprint density at radius 3 is 2.63 bits per heavy atom. The Morgan fingerprint density at radius 2 is 1.94 bits per heavy atom. The molecule has 5 rings (SSSR count). The first-order chi connectivity index (χ1) is 16.7. The lowest BCUT2D eigenvalue weighted by atomic mass is 9.67. The molecule has 1 atom stereocenters. The number of carbonyl (C=O) groups is 2. The summed E-state index contributed by atoms with van der Waals surface area (Å²) >= 11 is 0. The van der Waals surface area contributed by atoms with Gasteiger partial charge >= 0.3 is 12.1 Å². The third kappa shape index (κ3) is 2.84. The van der Waals surface area contributed by atoms with Gasteiger partial charge in [0.05, 0.1) is 22.4 Å². The summed E-state index contributed by atoms with van der Waals surface area (Å²) in [5.74, 6) is -1.69. The van der Waals surface area contributed by atoms with Crippen LogP contribution < -0.4 is 15.5 Å². The lowest BCUT2D eigenvalue weighted by Gasteiger charge is -2.38. The largest absolute Gasteiger partial charge is 0.456 e. The van der Waals surface area contributed by atoms with Crippen LogP contribution in [0, 0.1) is 11.3 Å². The van der Waals surface area contributed by atoms with E-state index < -0.39 is 29.0 Å². The highest BCUT2D eigenvalue weighted by molar-refractivity contribution is 6.20. The zero-order chi connectivity index (χ0) is 25.1. The Bertz CT molecular complexity index is 1420. The number of cyclic esters (lactones) is 1. The smallest absolute Gasteiger partial charge is 0.416 e. The lowest BCUT2D eigenvalue weighted by Crippen LogP contribution is -2.50. The molecule has 0 aromatic heterocycles. The molecule has 176 valence electrons. The van der Waals surface area contributed by atoms with Crippen LogP contribution in [-0.4, -0.2) is 25.0 Å². The summed E-state index contributed by atoms with van der Waals surface area (Å²) in [6.45, 7) is 3.45. The average molecular weight is 478 g/mol. The summed E-state index contributed by atoms with van der Waals surface area (Å²) in [6.07, 6.45) is -3.12. The quantitative estimate of drug-likeness (QED) is 0.536. The zero-order valence-corrected chi connectivity index (χ0v) is 18.1. The summed E-state index contributed by atoms with van der Waals surface area (Å²) in [5.41, 5.74) is 4.12. The molecule has 2 aromatic carbocycles. The van der Waals surface area contributed by atoms with Gasteiger partial charge in [-0.3, -0.25) is 9.69 Å². The number of para-hydroxylation sites is 1. The SMILES string of the molecule is C=CCN1C(=O)[C@]2(C(C#N)=C(N)N(c3cccc(C(F)(F)F)c3)C3=C2C(=O)OC3)c2ccccc21. The Balaban J connectivity index is 1.83. The number of amides is 1.